The molecule has 1 saturated carbocycles. The molecule has 1 N–H and O–H groups in total. The van der Waals surface area contributed by atoms with E-state index in [1.54, 1.807) is 19.1 Å². The monoisotopic (exact) mass is 220 g/mol. The van der Waals surface area contributed by atoms with Crippen LogP contribution in [0.15, 0.2) is 18.2 Å². The Morgan fingerprint density at radius 1 is 1.50 bits per heavy atom. The fourth-order valence-corrected chi connectivity index (χ4v) is 2.05. The molecule has 0 spiro atoms. The average Bonchev–Trinajstić information content (AvgIpc) is 3.02. The maximum absolute atomic E-state index is 11.6. The molecule has 3 nitrogen and oxygen atoms in total. The molecule has 86 valence electrons. The number of benzene rings is 1. The minimum atomic E-state index is -0.306. The number of hydrogen-bond donors (Lipinski definition) is 1. The number of Topliss-reactive ketones (excluding diaryl/α,β-unsaturated/α-hetero) is 1. The van der Waals surface area contributed by atoms with Crippen molar-refractivity contribution in [1.29, 1.82) is 0 Å². The van der Waals surface area contributed by atoms with Crippen molar-refractivity contribution in [3.05, 3.63) is 23.8 Å². The van der Waals surface area contributed by atoms with E-state index in [0.717, 1.165) is 18.4 Å². The number of phenols is 1. The zero-order valence-electron chi connectivity index (χ0n) is 9.62. The van der Waals surface area contributed by atoms with Crippen molar-refractivity contribution in [2.75, 3.05) is 6.61 Å². The van der Waals surface area contributed by atoms with Crippen molar-refractivity contribution in [2.45, 2.75) is 32.1 Å². The summed E-state index contributed by atoms with van der Waals surface area (Å²) in [7, 11) is 0. The minimum Gasteiger partial charge on any atom is -0.504 e. The van der Waals surface area contributed by atoms with Gasteiger partial charge >= 0.3 is 0 Å². The van der Waals surface area contributed by atoms with Crippen LogP contribution in [-0.2, 0) is 10.2 Å². The SMILES string of the molecule is CCOc1cc(C2(C(C)=O)CC2)ccc1O. The lowest BCUT2D eigenvalue weighted by Gasteiger charge is -2.14. The fraction of sp³-hybridized carbons (Fsp3) is 0.462. The molecule has 0 radical (unpaired) electrons. The fourth-order valence-electron chi connectivity index (χ4n) is 2.05. The lowest BCUT2D eigenvalue weighted by atomic mass is 9.92. The average molecular weight is 220 g/mol. The minimum absolute atomic E-state index is 0.130. The second-order valence-electron chi connectivity index (χ2n) is 4.25. The molecule has 1 aliphatic rings. The molecule has 0 aromatic heterocycles. The molecule has 0 heterocycles. The molecule has 1 fully saturated rings. The molecule has 1 aromatic rings. The summed E-state index contributed by atoms with van der Waals surface area (Å²) in [6.45, 7) is 3.99. The number of carbonyl (C=O) groups is 1. The lowest BCUT2D eigenvalue weighted by molar-refractivity contribution is -0.119. The number of ether oxygens (including phenoxy) is 1. The van der Waals surface area contributed by atoms with Crippen LogP contribution in [-0.4, -0.2) is 17.5 Å². The van der Waals surface area contributed by atoms with Crippen LogP contribution in [0.3, 0.4) is 0 Å². The topological polar surface area (TPSA) is 46.5 Å². The Morgan fingerprint density at radius 2 is 2.19 bits per heavy atom. The van der Waals surface area contributed by atoms with Crippen LogP contribution in [0.4, 0.5) is 0 Å². The largest absolute Gasteiger partial charge is 0.504 e. The number of carbonyl (C=O) groups excluding carboxylic acids is 1. The first-order chi connectivity index (χ1) is 7.60. The highest BCUT2D eigenvalue weighted by Gasteiger charge is 2.48. The van der Waals surface area contributed by atoms with Gasteiger partial charge in [0.15, 0.2) is 11.5 Å². The van der Waals surface area contributed by atoms with E-state index in [0.29, 0.717) is 12.4 Å². The Hall–Kier alpha value is -1.51. The Morgan fingerprint density at radius 3 is 2.69 bits per heavy atom. The highest BCUT2D eigenvalue weighted by Crippen LogP contribution is 2.50. The maximum Gasteiger partial charge on any atom is 0.161 e. The second-order valence-corrected chi connectivity index (χ2v) is 4.25. The van der Waals surface area contributed by atoms with E-state index in [-0.39, 0.29) is 16.9 Å². The van der Waals surface area contributed by atoms with Gasteiger partial charge in [-0.3, -0.25) is 4.79 Å². The molecule has 3 heteroatoms. The van der Waals surface area contributed by atoms with Crippen LogP contribution in [0, 0.1) is 0 Å². The molecule has 0 atom stereocenters. The quantitative estimate of drug-likeness (QED) is 0.847. The van der Waals surface area contributed by atoms with E-state index < -0.39 is 0 Å². The first kappa shape index (κ1) is 11.0. The van der Waals surface area contributed by atoms with Gasteiger partial charge in [0.05, 0.1) is 12.0 Å². The third-order valence-electron chi connectivity index (χ3n) is 3.24. The van der Waals surface area contributed by atoms with Crippen molar-refractivity contribution in [3.8, 4) is 11.5 Å². The number of ketones is 1. The maximum atomic E-state index is 11.6. The van der Waals surface area contributed by atoms with Crippen LogP contribution in [0.2, 0.25) is 0 Å². The van der Waals surface area contributed by atoms with Crippen molar-refractivity contribution in [2.24, 2.45) is 0 Å². The van der Waals surface area contributed by atoms with Crippen LogP contribution in [0.25, 0.3) is 0 Å². The standard InChI is InChI=1S/C13H16O3/c1-3-16-12-8-10(4-5-11(12)15)13(6-7-13)9(2)14/h4-5,8,15H,3,6-7H2,1-2H3. The lowest BCUT2D eigenvalue weighted by Crippen LogP contribution is -2.16. The van der Waals surface area contributed by atoms with Gasteiger partial charge in [0.2, 0.25) is 0 Å². The summed E-state index contributed by atoms with van der Waals surface area (Å²) < 4.78 is 5.32. The summed E-state index contributed by atoms with van der Waals surface area (Å²) in [5.74, 6) is 0.790. The van der Waals surface area contributed by atoms with Gasteiger partial charge in [0.25, 0.3) is 0 Å². The summed E-state index contributed by atoms with van der Waals surface area (Å²) in [6.07, 6.45) is 1.80. The Labute approximate surface area is 95.0 Å². The van der Waals surface area contributed by atoms with Crippen molar-refractivity contribution < 1.29 is 14.6 Å². The third-order valence-corrected chi connectivity index (χ3v) is 3.24. The third kappa shape index (κ3) is 1.66. The number of hydrogen-bond acceptors (Lipinski definition) is 3. The van der Waals surface area contributed by atoms with E-state index >= 15 is 0 Å². The predicted octanol–water partition coefficient (Wildman–Crippen LogP) is 2.41. The van der Waals surface area contributed by atoms with Crippen LogP contribution < -0.4 is 4.74 Å². The van der Waals surface area contributed by atoms with Crippen LogP contribution in [0.1, 0.15) is 32.3 Å². The number of phenolic OH excluding ortho intramolecular Hbond substituents is 1. The van der Waals surface area contributed by atoms with Crippen molar-refractivity contribution >= 4 is 5.78 Å². The van der Waals surface area contributed by atoms with Gasteiger partial charge in [-0.15, -0.1) is 0 Å². The second kappa shape index (κ2) is 3.81. The molecule has 2 rings (SSSR count). The summed E-state index contributed by atoms with van der Waals surface area (Å²) >= 11 is 0. The van der Waals surface area contributed by atoms with Crippen LogP contribution >= 0.6 is 0 Å². The van der Waals surface area contributed by atoms with E-state index in [4.69, 9.17) is 4.74 Å². The molecule has 0 saturated heterocycles. The first-order valence-electron chi connectivity index (χ1n) is 5.57. The van der Waals surface area contributed by atoms with Gasteiger partial charge in [0.1, 0.15) is 5.78 Å². The van der Waals surface area contributed by atoms with E-state index in [1.807, 2.05) is 13.0 Å². The molecule has 0 amide bonds. The van der Waals surface area contributed by atoms with Gasteiger partial charge in [-0.2, -0.15) is 0 Å². The van der Waals surface area contributed by atoms with E-state index in [9.17, 15) is 9.90 Å². The molecule has 0 bridgehead atoms. The Bertz CT molecular complexity index is 419. The zero-order valence-corrected chi connectivity index (χ0v) is 9.62. The Balaban J connectivity index is 2.36. The number of aromatic hydroxyl groups is 1. The van der Waals surface area contributed by atoms with Crippen LogP contribution in [0.5, 0.6) is 11.5 Å². The smallest absolute Gasteiger partial charge is 0.161 e. The summed E-state index contributed by atoms with van der Waals surface area (Å²) in [6, 6.07) is 5.20. The number of rotatable bonds is 4. The zero-order chi connectivity index (χ0) is 11.8. The first-order valence-corrected chi connectivity index (χ1v) is 5.57. The van der Waals surface area contributed by atoms with Crippen molar-refractivity contribution in [1.82, 2.24) is 0 Å². The van der Waals surface area contributed by atoms with Gasteiger partial charge in [-0.05, 0) is 44.4 Å². The van der Waals surface area contributed by atoms with E-state index in [2.05, 4.69) is 0 Å². The van der Waals surface area contributed by atoms with Gasteiger partial charge < -0.3 is 9.84 Å². The summed E-state index contributed by atoms with van der Waals surface area (Å²) in [4.78, 5) is 11.6. The molecule has 1 aliphatic carbocycles. The van der Waals surface area contributed by atoms with Gasteiger partial charge in [0, 0.05) is 0 Å². The highest BCUT2D eigenvalue weighted by molar-refractivity contribution is 5.91. The van der Waals surface area contributed by atoms with Gasteiger partial charge in [-0.25, -0.2) is 0 Å². The molecular weight excluding hydrogens is 204 g/mol. The Kier molecular flexibility index (Phi) is 2.62. The molecule has 0 unspecified atom stereocenters. The molecule has 1 aromatic carbocycles. The normalized spacial score (nSPS) is 16.9. The van der Waals surface area contributed by atoms with E-state index in [1.165, 1.54) is 0 Å². The molecule has 0 aliphatic heterocycles. The van der Waals surface area contributed by atoms with Crippen molar-refractivity contribution in [3.63, 3.8) is 0 Å². The summed E-state index contributed by atoms with van der Waals surface area (Å²) in [5.41, 5.74) is 0.653. The molecule has 16 heavy (non-hydrogen) atoms. The predicted molar refractivity (Wildman–Crippen MR) is 60.9 cm³/mol. The van der Waals surface area contributed by atoms with Gasteiger partial charge in [-0.1, -0.05) is 6.07 Å². The molecular formula is C13H16O3. The summed E-state index contributed by atoms with van der Waals surface area (Å²) in [5, 5.41) is 9.58. The highest BCUT2D eigenvalue weighted by atomic mass is 16.5.